The number of ether oxygens (including phenoxy) is 4. The second kappa shape index (κ2) is 6.14. The molecule has 1 aromatic heterocycles. The van der Waals surface area contributed by atoms with Crippen LogP contribution in [0.4, 0.5) is 0 Å². The summed E-state index contributed by atoms with van der Waals surface area (Å²) in [4.78, 5) is 38.5. The average Bonchev–Trinajstić information content (AvgIpc) is 2.99. The van der Waals surface area contributed by atoms with Crippen molar-refractivity contribution in [3.05, 3.63) is 22.6 Å². The summed E-state index contributed by atoms with van der Waals surface area (Å²) in [7, 11) is 0. The molecule has 0 aliphatic carbocycles. The van der Waals surface area contributed by atoms with Crippen molar-refractivity contribution < 1.29 is 28.5 Å². The zero-order chi connectivity index (χ0) is 18.4. The molecule has 9 heteroatoms. The molecule has 1 aromatic rings. The molecule has 1 fully saturated rings. The maximum atomic E-state index is 12.0. The van der Waals surface area contributed by atoms with Crippen LogP contribution in [0.1, 0.15) is 33.9 Å². The van der Waals surface area contributed by atoms with Crippen LogP contribution in [-0.4, -0.2) is 46.4 Å². The summed E-state index contributed by atoms with van der Waals surface area (Å²) in [5, 5.41) is 0. The van der Waals surface area contributed by atoms with Crippen molar-refractivity contribution in [1.29, 1.82) is 0 Å². The quantitative estimate of drug-likeness (QED) is 0.721. The van der Waals surface area contributed by atoms with Gasteiger partial charge in [0.05, 0.1) is 5.41 Å². The van der Waals surface area contributed by atoms with Crippen molar-refractivity contribution >= 4 is 11.9 Å². The number of carbonyl (C=O) groups excluding carboxylic acids is 2. The molecular weight excluding hydrogens is 332 g/mol. The van der Waals surface area contributed by atoms with Crippen LogP contribution in [0.15, 0.2) is 17.1 Å². The third-order valence-corrected chi connectivity index (χ3v) is 3.90. The Morgan fingerprint density at radius 1 is 1.36 bits per heavy atom. The van der Waals surface area contributed by atoms with Crippen LogP contribution in [-0.2, 0) is 23.8 Å². The Balaban J connectivity index is 1.78. The molecular formula is C16H20N2O7. The van der Waals surface area contributed by atoms with E-state index in [1.54, 1.807) is 25.3 Å². The van der Waals surface area contributed by atoms with Crippen molar-refractivity contribution in [2.75, 3.05) is 6.61 Å². The molecule has 0 unspecified atom stereocenters. The van der Waals surface area contributed by atoms with Gasteiger partial charge in [-0.2, -0.15) is 4.98 Å². The molecule has 0 radical (unpaired) electrons. The largest absolute Gasteiger partial charge is 0.462 e. The van der Waals surface area contributed by atoms with Crippen molar-refractivity contribution in [3.8, 4) is 6.01 Å². The molecule has 136 valence electrons. The molecule has 2 aliphatic heterocycles. The van der Waals surface area contributed by atoms with E-state index in [0.29, 0.717) is 0 Å². The lowest BCUT2D eigenvalue weighted by Crippen LogP contribution is -2.40. The molecule has 3 rings (SSSR count). The van der Waals surface area contributed by atoms with Gasteiger partial charge in [0.25, 0.3) is 5.56 Å². The highest BCUT2D eigenvalue weighted by molar-refractivity contribution is 5.75. The lowest BCUT2D eigenvalue weighted by molar-refractivity contribution is -0.163. The van der Waals surface area contributed by atoms with E-state index in [9.17, 15) is 14.4 Å². The topological polar surface area (TPSA) is 106 Å². The van der Waals surface area contributed by atoms with Crippen molar-refractivity contribution in [1.82, 2.24) is 9.55 Å². The number of hydrogen-bond donors (Lipinski definition) is 0. The van der Waals surface area contributed by atoms with Gasteiger partial charge in [0, 0.05) is 19.2 Å². The lowest BCUT2D eigenvalue weighted by Gasteiger charge is -2.23. The zero-order valence-electron chi connectivity index (χ0n) is 14.4. The molecule has 9 nitrogen and oxygen atoms in total. The fourth-order valence-corrected chi connectivity index (χ4v) is 2.70. The molecule has 4 atom stereocenters. The molecule has 0 saturated carbocycles. The molecule has 0 amide bonds. The van der Waals surface area contributed by atoms with E-state index >= 15 is 0 Å². The first-order chi connectivity index (χ1) is 11.7. The van der Waals surface area contributed by atoms with Crippen LogP contribution in [0.3, 0.4) is 0 Å². The van der Waals surface area contributed by atoms with E-state index in [4.69, 9.17) is 18.9 Å². The monoisotopic (exact) mass is 352 g/mol. The number of esters is 2. The number of hydrogen-bond acceptors (Lipinski definition) is 8. The minimum atomic E-state index is -0.785. The first-order valence-electron chi connectivity index (χ1n) is 7.92. The SMILES string of the molecule is CC(=O)O[C@H]1[C@@H]2Oc3nc(=O)ccn3[C@@H]2O[C@@H]1COC(=O)C(C)(C)C. The van der Waals surface area contributed by atoms with Gasteiger partial charge in [-0.3, -0.25) is 19.0 Å². The van der Waals surface area contributed by atoms with Gasteiger partial charge in [-0.05, 0) is 20.8 Å². The Kier molecular flexibility index (Phi) is 4.28. The van der Waals surface area contributed by atoms with Crippen molar-refractivity contribution in [3.63, 3.8) is 0 Å². The summed E-state index contributed by atoms with van der Waals surface area (Å²) in [6.07, 6.45) is -1.25. The molecule has 0 N–H and O–H groups in total. The lowest BCUT2D eigenvalue weighted by atomic mass is 9.97. The van der Waals surface area contributed by atoms with Crippen molar-refractivity contribution in [2.24, 2.45) is 5.41 Å². The summed E-state index contributed by atoms with van der Waals surface area (Å²) < 4.78 is 23.7. The number of rotatable bonds is 3. The maximum Gasteiger partial charge on any atom is 0.311 e. The van der Waals surface area contributed by atoms with Crippen LogP contribution < -0.4 is 10.3 Å². The van der Waals surface area contributed by atoms with Crippen molar-refractivity contribution in [2.45, 2.75) is 52.2 Å². The van der Waals surface area contributed by atoms with E-state index < -0.39 is 41.5 Å². The van der Waals surface area contributed by atoms with Gasteiger partial charge in [0.1, 0.15) is 12.7 Å². The highest BCUT2D eigenvalue weighted by atomic mass is 16.7. The van der Waals surface area contributed by atoms with E-state index in [-0.39, 0.29) is 18.6 Å². The van der Waals surface area contributed by atoms with E-state index in [2.05, 4.69) is 4.98 Å². The summed E-state index contributed by atoms with van der Waals surface area (Å²) in [6, 6.07) is 1.39. The van der Waals surface area contributed by atoms with E-state index in [1.807, 2.05) is 0 Å². The van der Waals surface area contributed by atoms with Gasteiger partial charge in [-0.1, -0.05) is 0 Å². The molecule has 0 aromatic carbocycles. The predicted octanol–water partition coefficient (Wildman–Crippen LogP) is 0.423. The number of fused-ring (bicyclic) bond motifs is 3. The highest BCUT2D eigenvalue weighted by Crippen LogP contribution is 2.40. The minimum absolute atomic E-state index is 0.0760. The van der Waals surface area contributed by atoms with Crippen LogP contribution in [0, 0.1) is 5.41 Å². The average molecular weight is 352 g/mol. The first kappa shape index (κ1) is 17.4. The minimum Gasteiger partial charge on any atom is -0.462 e. The number of carbonyl (C=O) groups is 2. The smallest absolute Gasteiger partial charge is 0.311 e. The Labute approximate surface area is 143 Å². The third kappa shape index (κ3) is 3.37. The van der Waals surface area contributed by atoms with E-state index in [1.165, 1.54) is 19.2 Å². The summed E-state index contributed by atoms with van der Waals surface area (Å²) in [6.45, 7) is 6.42. The van der Waals surface area contributed by atoms with Gasteiger partial charge in [0.15, 0.2) is 18.4 Å². The fourth-order valence-electron chi connectivity index (χ4n) is 2.70. The maximum absolute atomic E-state index is 12.0. The Bertz CT molecular complexity index is 752. The normalized spacial score (nSPS) is 27.2. The Morgan fingerprint density at radius 3 is 2.72 bits per heavy atom. The summed E-state index contributed by atoms with van der Waals surface area (Å²) in [5.74, 6) is -0.898. The predicted molar refractivity (Wildman–Crippen MR) is 82.8 cm³/mol. The first-order valence-corrected chi connectivity index (χ1v) is 7.92. The number of nitrogens with zero attached hydrogens (tertiary/aromatic N) is 2. The van der Waals surface area contributed by atoms with Crippen LogP contribution in [0.25, 0.3) is 0 Å². The third-order valence-electron chi connectivity index (χ3n) is 3.90. The highest BCUT2D eigenvalue weighted by Gasteiger charge is 2.54. The second-order valence-corrected chi connectivity index (χ2v) is 7.03. The standard InChI is InChI=1S/C16H20N2O7/c1-8(19)23-11-9(7-22-14(21)16(2,3)4)24-13-12(11)25-15-17-10(20)5-6-18(13)15/h5-6,9,11-13H,7H2,1-4H3/t9-,11-,12+,13-/m1/s1. The van der Waals surface area contributed by atoms with Crippen LogP contribution in [0.2, 0.25) is 0 Å². The molecule has 0 spiro atoms. The van der Waals surface area contributed by atoms with Gasteiger partial charge >= 0.3 is 17.9 Å². The van der Waals surface area contributed by atoms with Gasteiger partial charge in [-0.15, -0.1) is 0 Å². The zero-order valence-corrected chi connectivity index (χ0v) is 14.4. The molecule has 25 heavy (non-hydrogen) atoms. The second-order valence-electron chi connectivity index (χ2n) is 7.03. The van der Waals surface area contributed by atoms with E-state index in [0.717, 1.165) is 0 Å². The Morgan fingerprint density at radius 2 is 2.08 bits per heavy atom. The summed E-state index contributed by atoms with van der Waals surface area (Å²) in [5.41, 5.74) is -1.09. The molecule has 3 heterocycles. The van der Waals surface area contributed by atoms with Crippen LogP contribution >= 0.6 is 0 Å². The molecule has 1 saturated heterocycles. The molecule has 0 bridgehead atoms. The van der Waals surface area contributed by atoms with Gasteiger partial charge < -0.3 is 18.9 Å². The van der Waals surface area contributed by atoms with Crippen LogP contribution in [0.5, 0.6) is 6.01 Å². The van der Waals surface area contributed by atoms with Gasteiger partial charge in [0.2, 0.25) is 0 Å². The Hall–Kier alpha value is -2.42. The van der Waals surface area contributed by atoms with Gasteiger partial charge in [-0.25, -0.2) is 0 Å². The number of aromatic nitrogens is 2. The fraction of sp³-hybridized carbons (Fsp3) is 0.625. The molecule has 2 aliphatic rings. The summed E-state index contributed by atoms with van der Waals surface area (Å²) >= 11 is 0.